The zero-order valence-electron chi connectivity index (χ0n) is 17.3. The number of rotatable bonds is 9. The normalized spacial score (nSPS) is 11.2. The third kappa shape index (κ3) is 5.61. The molecule has 0 aliphatic heterocycles. The second kappa shape index (κ2) is 10.3. The van der Waals surface area contributed by atoms with Crippen molar-refractivity contribution in [1.29, 1.82) is 0 Å². The molecule has 0 N–H and O–H groups in total. The maximum Gasteiger partial charge on any atom is 0.337 e. The van der Waals surface area contributed by atoms with Crippen LogP contribution in [-0.4, -0.2) is 19.4 Å². The first kappa shape index (κ1) is 21.9. The fourth-order valence-corrected chi connectivity index (χ4v) is 4.68. The van der Waals surface area contributed by atoms with Crippen LogP contribution < -0.4 is 9.13 Å². The van der Waals surface area contributed by atoms with Crippen LogP contribution in [0.3, 0.4) is 0 Å². The lowest BCUT2D eigenvalue weighted by atomic mass is 10.1. The second-order valence-electron chi connectivity index (χ2n) is 6.62. The lowest BCUT2D eigenvalue weighted by molar-refractivity contribution is -0.692. The first-order chi connectivity index (χ1) is 14.6. The molecular formula is C23H26N3O3P+2. The van der Waals surface area contributed by atoms with Crippen LogP contribution in [0.25, 0.3) is 21.7 Å². The first-order valence-corrected chi connectivity index (χ1v) is 11.7. The van der Waals surface area contributed by atoms with E-state index in [1.807, 2.05) is 84.2 Å². The highest BCUT2D eigenvalue weighted by atomic mass is 31.2. The van der Waals surface area contributed by atoms with Crippen molar-refractivity contribution in [2.75, 3.05) is 19.4 Å². The van der Waals surface area contributed by atoms with Gasteiger partial charge in [-0.1, -0.05) is 0 Å². The Morgan fingerprint density at radius 2 is 1.40 bits per heavy atom. The van der Waals surface area contributed by atoms with Crippen LogP contribution in [0, 0.1) is 6.57 Å². The number of benzene rings is 1. The highest BCUT2D eigenvalue weighted by molar-refractivity contribution is 7.53. The minimum atomic E-state index is -3.03. The topological polar surface area (TPSA) is 47.7 Å². The summed E-state index contributed by atoms with van der Waals surface area (Å²) in [6.45, 7) is 12.0. The molecule has 2 heterocycles. The van der Waals surface area contributed by atoms with Crippen LogP contribution in [-0.2, 0) is 20.2 Å². The van der Waals surface area contributed by atoms with E-state index < -0.39 is 7.60 Å². The zero-order valence-corrected chi connectivity index (χ0v) is 18.2. The predicted molar refractivity (Wildman–Crippen MR) is 116 cm³/mol. The van der Waals surface area contributed by atoms with Crippen LogP contribution in [0.2, 0.25) is 0 Å². The van der Waals surface area contributed by atoms with Crippen molar-refractivity contribution in [1.82, 2.24) is 0 Å². The fraction of sp³-hybridized carbons (Fsp3) is 0.261. The van der Waals surface area contributed by atoms with Crippen molar-refractivity contribution >= 4 is 13.3 Å². The number of hydrogen-bond donors (Lipinski definition) is 0. The molecule has 154 valence electrons. The van der Waals surface area contributed by atoms with Crippen molar-refractivity contribution in [3.8, 4) is 16.8 Å². The third-order valence-corrected chi connectivity index (χ3v) is 6.67. The number of pyridine rings is 2. The van der Waals surface area contributed by atoms with E-state index in [4.69, 9.17) is 15.6 Å². The van der Waals surface area contributed by atoms with E-state index in [2.05, 4.69) is 17.0 Å². The van der Waals surface area contributed by atoms with Gasteiger partial charge in [-0.15, -0.1) is 0 Å². The molecule has 3 rings (SSSR count). The summed E-state index contributed by atoms with van der Waals surface area (Å²) in [5.74, 6) is 0. The van der Waals surface area contributed by atoms with E-state index in [1.54, 1.807) is 0 Å². The largest absolute Gasteiger partial charge is 0.337 e. The molecule has 0 atom stereocenters. The molecule has 0 radical (unpaired) electrons. The Hall–Kier alpha value is -2.84. The Bertz CT molecular complexity index is 1030. The molecule has 0 aliphatic carbocycles. The molecule has 7 heteroatoms. The molecular weight excluding hydrogens is 397 g/mol. The predicted octanol–water partition coefficient (Wildman–Crippen LogP) is 4.73. The van der Waals surface area contributed by atoms with Crippen molar-refractivity contribution in [2.45, 2.75) is 20.4 Å². The number of aryl methyl sites for hydroxylation is 1. The van der Waals surface area contributed by atoms with Crippen LogP contribution in [0.15, 0.2) is 73.3 Å². The summed E-state index contributed by atoms with van der Waals surface area (Å²) in [6, 6.07) is 15.7. The summed E-state index contributed by atoms with van der Waals surface area (Å²) in [5.41, 5.74) is 3.84. The maximum atomic E-state index is 12.6. The van der Waals surface area contributed by atoms with Gasteiger partial charge >= 0.3 is 7.60 Å². The van der Waals surface area contributed by atoms with Gasteiger partial charge in [-0.05, 0) is 49.2 Å². The highest BCUT2D eigenvalue weighted by Gasteiger charge is 2.25. The molecule has 2 aromatic heterocycles. The lowest BCUT2D eigenvalue weighted by Crippen LogP contribution is -2.34. The van der Waals surface area contributed by atoms with E-state index in [9.17, 15) is 4.57 Å². The molecule has 0 bridgehead atoms. The van der Waals surface area contributed by atoms with Gasteiger partial charge in [-0.25, -0.2) is 9.41 Å². The molecule has 6 nitrogen and oxygen atoms in total. The molecule has 0 aliphatic rings. The van der Waals surface area contributed by atoms with Gasteiger partial charge < -0.3 is 9.05 Å². The summed E-state index contributed by atoms with van der Waals surface area (Å²) in [4.78, 5) is 3.42. The Kier molecular flexibility index (Phi) is 7.48. The Labute approximate surface area is 177 Å². The molecule has 3 aromatic rings. The van der Waals surface area contributed by atoms with Crippen molar-refractivity contribution in [2.24, 2.45) is 0 Å². The number of hydrogen-bond acceptors (Lipinski definition) is 3. The van der Waals surface area contributed by atoms with Crippen molar-refractivity contribution in [3.05, 3.63) is 84.7 Å². The number of aromatic nitrogens is 2. The summed E-state index contributed by atoms with van der Waals surface area (Å²) >= 11 is 0. The highest BCUT2D eigenvalue weighted by Crippen LogP contribution is 2.47. The SMILES string of the molecule is [C-]#[N+]c1ccc(-[n+]2ccc(-c3cc[n+](CCP(=O)(OCC)OCC)cc3)cc2)cc1. The van der Waals surface area contributed by atoms with E-state index in [1.165, 1.54) is 0 Å². The minimum Gasteiger partial charge on any atom is -0.309 e. The van der Waals surface area contributed by atoms with Crippen molar-refractivity contribution in [3.63, 3.8) is 0 Å². The van der Waals surface area contributed by atoms with E-state index in [0.717, 1.165) is 16.8 Å². The van der Waals surface area contributed by atoms with Gasteiger partial charge in [0.25, 0.3) is 0 Å². The summed E-state index contributed by atoms with van der Waals surface area (Å²) in [5, 5.41) is 0. The minimum absolute atomic E-state index is 0.344. The molecule has 0 spiro atoms. The van der Waals surface area contributed by atoms with Gasteiger partial charge in [0, 0.05) is 24.3 Å². The standard InChI is InChI=1S/C23H26N3O3P/c1-4-28-30(27,29-5-2)19-18-25-14-10-20(11-15-25)21-12-16-26(17-13-21)23-8-6-22(24-3)7-9-23/h6-17H,4-5,18-19H2,1-2H3/q+2. The molecule has 1 aromatic carbocycles. The summed E-state index contributed by atoms with van der Waals surface area (Å²) < 4.78 is 27.3. The fourth-order valence-electron chi connectivity index (χ4n) is 3.09. The second-order valence-corrected chi connectivity index (χ2v) is 8.80. The smallest absolute Gasteiger partial charge is 0.309 e. The maximum absolute atomic E-state index is 12.6. The average molecular weight is 423 g/mol. The molecule has 0 amide bonds. The van der Waals surface area contributed by atoms with Gasteiger partial charge in [0.1, 0.15) is 6.16 Å². The first-order valence-electron chi connectivity index (χ1n) is 9.93. The van der Waals surface area contributed by atoms with E-state index >= 15 is 0 Å². The Balaban J connectivity index is 1.67. The third-order valence-electron chi connectivity index (χ3n) is 4.61. The van der Waals surface area contributed by atoms with Gasteiger partial charge in [0.05, 0.1) is 19.8 Å². The Morgan fingerprint density at radius 1 is 0.867 bits per heavy atom. The molecule has 0 saturated heterocycles. The number of nitrogens with zero attached hydrogens (tertiary/aromatic N) is 3. The Morgan fingerprint density at radius 3 is 1.90 bits per heavy atom. The van der Waals surface area contributed by atoms with Crippen molar-refractivity contribution < 1.29 is 22.7 Å². The van der Waals surface area contributed by atoms with Crippen LogP contribution in [0.1, 0.15) is 13.8 Å². The average Bonchev–Trinajstić information content (AvgIpc) is 2.79. The van der Waals surface area contributed by atoms with E-state index in [-0.39, 0.29) is 0 Å². The van der Waals surface area contributed by atoms with Gasteiger partial charge in [-0.2, -0.15) is 4.57 Å². The zero-order chi connectivity index (χ0) is 21.4. The molecule has 30 heavy (non-hydrogen) atoms. The van der Waals surface area contributed by atoms with E-state index in [0.29, 0.717) is 31.6 Å². The van der Waals surface area contributed by atoms with Gasteiger partial charge in [-0.3, -0.25) is 4.57 Å². The monoisotopic (exact) mass is 423 g/mol. The molecule has 0 saturated carbocycles. The summed E-state index contributed by atoms with van der Waals surface area (Å²) in [6.07, 6.45) is 8.30. The van der Waals surface area contributed by atoms with Crippen LogP contribution in [0.5, 0.6) is 0 Å². The molecule has 0 fully saturated rings. The van der Waals surface area contributed by atoms with Crippen LogP contribution >= 0.6 is 7.60 Å². The van der Waals surface area contributed by atoms with Gasteiger partial charge in [0.15, 0.2) is 37.0 Å². The van der Waals surface area contributed by atoms with Gasteiger partial charge in [0.2, 0.25) is 5.69 Å². The molecule has 0 unspecified atom stereocenters. The lowest BCUT2D eigenvalue weighted by Gasteiger charge is -2.15. The van der Waals surface area contributed by atoms with Crippen LogP contribution in [0.4, 0.5) is 5.69 Å². The quantitative estimate of drug-likeness (QED) is 0.284. The summed E-state index contributed by atoms with van der Waals surface area (Å²) in [7, 11) is -3.03.